The molecule has 0 N–H and O–H groups in total. The van der Waals surface area contributed by atoms with Crippen LogP contribution in [0.2, 0.25) is 0 Å². The summed E-state index contributed by atoms with van der Waals surface area (Å²) in [5, 5.41) is 4.02. The van der Waals surface area contributed by atoms with Crippen molar-refractivity contribution in [3.05, 3.63) is 29.8 Å². The van der Waals surface area contributed by atoms with Gasteiger partial charge in [0.15, 0.2) is 15.7 Å². The Morgan fingerprint density at radius 1 is 1.19 bits per heavy atom. The number of ether oxygens (including phenoxy) is 1. The lowest BCUT2D eigenvalue weighted by Crippen LogP contribution is -2.50. The minimum atomic E-state index is -3.58. The maximum Gasteiger partial charge on any atom is 0.324 e. The standard InChI is InChI=1S/C20H29FN4O4S.ClH/c1-14(2)19-22-20(29-23-19)25-10-8-24(9-11-25)15(3)7-12-28-16-5-6-18(17(21)13-16)30(4,26)27;/h5-6,13-15H,7-12H2,1-4H3;1H/t15-;/m1./s1. The van der Waals surface area contributed by atoms with Crippen LogP contribution in [0.5, 0.6) is 5.75 Å². The van der Waals surface area contributed by atoms with Crippen LogP contribution in [0.1, 0.15) is 38.9 Å². The third-order valence-electron chi connectivity index (χ3n) is 5.26. The maximum absolute atomic E-state index is 14.0. The molecule has 3 rings (SSSR count). The fourth-order valence-electron chi connectivity index (χ4n) is 3.35. The zero-order chi connectivity index (χ0) is 21.9. The molecule has 1 aromatic carbocycles. The van der Waals surface area contributed by atoms with E-state index in [4.69, 9.17) is 9.26 Å². The Labute approximate surface area is 189 Å². The summed E-state index contributed by atoms with van der Waals surface area (Å²) < 4.78 is 47.9. The van der Waals surface area contributed by atoms with Crippen molar-refractivity contribution in [1.29, 1.82) is 0 Å². The van der Waals surface area contributed by atoms with Crippen LogP contribution < -0.4 is 9.64 Å². The van der Waals surface area contributed by atoms with Crippen molar-refractivity contribution < 1.29 is 22.1 Å². The largest absolute Gasteiger partial charge is 0.493 e. The summed E-state index contributed by atoms with van der Waals surface area (Å²) in [7, 11) is -3.58. The van der Waals surface area contributed by atoms with Gasteiger partial charge < -0.3 is 14.2 Å². The van der Waals surface area contributed by atoms with E-state index in [9.17, 15) is 12.8 Å². The molecule has 2 heterocycles. The Bertz CT molecular complexity index is 962. The van der Waals surface area contributed by atoms with Gasteiger partial charge in [0.25, 0.3) is 0 Å². The zero-order valence-corrected chi connectivity index (χ0v) is 19.9. The quantitative estimate of drug-likeness (QED) is 0.574. The molecule has 1 saturated heterocycles. The number of aromatic nitrogens is 2. The van der Waals surface area contributed by atoms with E-state index < -0.39 is 15.7 Å². The number of nitrogens with zero attached hydrogens (tertiary/aromatic N) is 4. The van der Waals surface area contributed by atoms with Crippen LogP contribution in [0, 0.1) is 5.82 Å². The van der Waals surface area contributed by atoms with Gasteiger partial charge in [0.05, 0.1) is 6.61 Å². The number of sulfone groups is 1. The van der Waals surface area contributed by atoms with E-state index in [1.54, 1.807) is 0 Å². The minimum Gasteiger partial charge on any atom is -0.493 e. The summed E-state index contributed by atoms with van der Waals surface area (Å²) in [6.07, 6.45) is 1.75. The monoisotopic (exact) mass is 476 g/mol. The molecule has 1 fully saturated rings. The zero-order valence-electron chi connectivity index (χ0n) is 18.2. The SMILES string of the molecule is CC(C)c1noc(N2CCN([C@H](C)CCOc3ccc(S(C)(=O)=O)c(F)c3)CC2)n1.Cl. The first-order chi connectivity index (χ1) is 14.1. The molecular weight excluding hydrogens is 447 g/mol. The van der Waals surface area contributed by atoms with Gasteiger partial charge in [0.1, 0.15) is 16.5 Å². The minimum absolute atomic E-state index is 0. The van der Waals surface area contributed by atoms with Gasteiger partial charge in [0.2, 0.25) is 0 Å². The van der Waals surface area contributed by atoms with Crippen LogP contribution in [-0.4, -0.2) is 68.5 Å². The predicted octanol–water partition coefficient (Wildman–Crippen LogP) is 3.14. The van der Waals surface area contributed by atoms with Crippen molar-refractivity contribution >= 4 is 28.3 Å². The first kappa shape index (κ1) is 25.4. The lowest BCUT2D eigenvalue weighted by atomic mass is 10.2. The van der Waals surface area contributed by atoms with E-state index in [1.807, 2.05) is 13.8 Å². The van der Waals surface area contributed by atoms with Crippen LogP contribution in [-0.2, 0) is 9.84 Å². The summed E-state index contributed by atoms with van der Waals surface area (Å²) in [4.78, 5) is 8.61. The van der Waals surface area contributed by atoms with Crippen molar-refractivity contribution in [3.8, 4) is 5.75 Å². The third-order valence-corrected chi connectivity index (χ3v) is 6.39. The molecule has 1 atom stereocenters. The second-order valence-electron chi connectivity index (χ2n) is 7.96. The highest BCUT2D eigenvalue weighted by Crippen LogP contribution is 2.22. The van der Waals surface area contributed by atoms with E-state index in [-0.39, 0.29) is 23.2 Å². The Kier molecular flexibility index (Phi) is 8.67. The lowest BCUT2D eigenvalue weighted by molar-refractivity contribution is 0.163. The second kappa shape index (κ2) is 10.6. The van der Waals surface area contributed by atoms with Crippen molar-refractivity contribution in [2.75, 3.05) is 43.9 Å². The van der Waals surface area contributed by atoms with Gasteiger partial charge >= 0.3 is 6.01 Å². The van der Waals surface area contributed by atoms with E-state index in [1.165, 1.54) is 12.1 Å². The van der Waals surface area contributed by atoms with Crippen LogP contribution in [0.4, 0.5) is 10.4 Å². The van der Waals surface area contributed by atoms with Gasteiger partial charge in [0, 0.05) is 50.5 Å². The molecule has 8 nitrogen and oxygen atoms in total. The fourth-order valence-corrected chi connectivity index (χ4v) is 4.07. The third kappa shape index (κ3) is 6.54. The van der Waals surface area contributed by atoms with Crippen molar-refractivity contribution in [1.82, 2.24) is 15.0 Å². The molecule has 174 valence electrons. The molecule has 0 saturated carbocycles. The highest BCUT2D eigenvalue weighted by molar-refractivity contribution is 7.90. The van der Waals surface area contributed by atoms with Gasteiger partial charge in [-0.05, 0) is 25.5 Å². The van der Waals surface area contributed by atoms with Gasteiger partial charge in [-0.2, -0.15) is 4.98 Å². The summed E-state index contributed by atoms with van der Waals surface area (Å²) in [5.74, 6) is 0.494. The molecule has 0 radical (unpaired) electrons. The highest BCUT2D eigenvalue weighted by atomic mass is 35.5. The molecule has 0 unspecified atom stereocenters. The topological polar surface area (TPSA) is 88.8 Å². The predicted molar refractivity (Wildman–Crippen MR) is 119 cm³/mol. The summed E-state index contributed by atoms with van der Waals surface area (Å²) in [6, 6.07) is 4.72. The Balaban J connectivity index is 0.00000341. The number of anilines is 1. The first-order valence-corrected chi connectivity index (χ1v) is 12.0. The van der Waals surface area contributed by atoms with E-state index in [2.05, 4.69) is 26.9 Å². The van der Waals surface area contributed by atoms with E-state index >= 15 is 0 Å². The van der Waals surface area contributed by atoms with Crippen LogP contribution >= 0.6 is 12.4 Å². The molecule has 11 heteroatoms. The normalized spacial score (nSPS) is 16.3. The van der Waals surface area contributed by atoms with Crippen LogP contribution in [0.3, 0.4) is 0 Å². The first-order valence-electron chi connectivity index (χ1n) is 10.1. The second-order valence-corrected chi connectivity index (χ2v) is 9.95. The van der Waals surface area contributed by atoms with E-state index in [0.717, 1.165) is 50.7 Å². The van der Waals surface area contributed by atoms with Crippen molar-refractivity contribution in [2.24, 2.45) is 0 Å². The van der Waals surface area contributed by atoms with Gasteiger partial charge in [-0.3, -0.25) is 4.90 Å². The molecule has 1 aliphatic rings. The highest BCUT2D eigenvalue weighted by Gasteiger charge is 2.24. The molecule has 31 heavy (non-hydrogen) atoms. The summed E-state index contributed by atoms with van der Waals surface area (Å²) in [5.41, 5.74) is 0. The molecule has 0 bridgehead atoms. The van der Waals surface area contributed by atoms with Gasteiger partial charge in [-0.15, -0.1) is 12.4 Å². The van der Waals surface area contributed by atoms with Gasteiger partial charge in [-0.1, -0.05) is 19.0 Å². The number of hydrogen-bond donors (Lipinski definition) is 0. The molecule has 1 aromatic heterocycles. The molecule has 0 amide bonds. The maximum atomic E-state index is 14.0. The van der Waals surface area contributed by atoms with Crippen molar-refractivity contribution in [2.45, 2.75) is 44.0 Å². The Morgan fingerprint density at radius 2 is 1.87 bits per heavy atom. The number of halogens is 2. The molecule has 0 spiro atoms. The molecule has 2 aromatic rings. The number of piperazine rings is 1. The number of benzene rings is 1. The van der Waals surface area contributed by atoms with Crippen LogP contribution in [0.25, 0.3) is 0 Å². The molecule has 0 aliphatic carbocycles. The Hall–Kier alpha value is -1.91. The summed E-state index contributed by atoms with van der Waals surface area (Å²) >= 11 is 0. The van der Waals surface area contributed by atoms with Crippen LogP contribution in [0.15, 0.2) is 27.6 Å². The lowest BCUT2D eigenvalue weighted by Gasteiger charge is -2.37. The summed E-state index contributed by atoms with van der Waals surface area (Å²) in [6.45, 7) is 9.98. The average Bonchev–Trinajstić information content (AvgIpc) is 3.18. The van der Waals surface area contributed by atoms with E-state index in [0.29, 0.717) is 24.4 Å². The average molecular weight is 477 g/mol. The Morgan fingerprint density at radius 3 is 2.42 bits per heavy atom. The number of rotatable bonds is 8. The number of hydrogen-bond acceptors (Lipinski definition) is 8. The van der Waals surface area contributed by atoms with Crippen molar-refractivity contribution in [3.63, 3.8) is 0 Å². The van der Waals surface area contributed by atoms with Gasteiger partial charge in [-0.25, -0.2) is 12.8 Å². The smallest absolute Gasteiger partial charge is 0.324 e. The molecule has 1 aliphatic heterocycles. The molecular formula is C20H30ClFN4O4S. The fraction of sp³-hybridized carbons (Fsp3) is 0.600.